The number of nitrogens with zero attached hydrogens (tertiary/aromatic N) is 1. The summed E-state index contributed by atoms with van der Waals surface area (Å²) in [5, 5.41) is 1.93. The Kier molecular flexibility index (Phi) is 6.90. The fraction of sp³-hybridized carbons (Fsp3) is 0.286. The van der Waals surface area contributed by atoms with Crippen LogP contribution in [0.1, 0.15) is 24.8 Å². The standard InChI is InChI=1S/C21H25N3O4S/c1-28-20-8-4-3-7-19(20)23-29(26,27)18-12-9-17(10-13-18)11-14-21(25)22-24-15-5-2-6-16-24/h3-4,7-14,23H,2,5-6,15-16H2,1H3,(H,22,25)/b14-11+. The van der Waals surface area contributed by atoms with Gasteiger partial charge in [-0.25, -0.2) is 13.4 Å². The van der Waals surface area contributed by atoms with Crippen LogP contribution in [-0.4, -0.2) is 39.5 Å². The van der Waals surface area contributed by atoms with Gasteiger partial charge in [0, 0.05) is 19.2 Å². The Morgan fingerprint density at radius 3 is 2.41 bits per heavy atom. The number of carbonyl (C=O) groups excluding carboxylic acids is 1. The second-order valence-corrected chi connectivity index (χ2v) is 8.41. The molecule has 8 heteroatoms. The second-order valence-electron chi connectivity index (χ2n) is 6.73. The monoisotopic (exact) mass is 415 g/mol. The van der Waals surface area contributed by atoms with Gasteiger partial charge in [0.15, 0.2) is 0 Å². The number of methoxy groups -OCH3 is 1. The summed E-state index contributed by atoms with van der Waals surface area (Å²) in [6.07, 6.45) is 6.48. The van der Waals surface area contributed by atoms with Crippen LogP contribution in [0, 0.1) is 0 Å². The summed E-state index contributed by atoms with van der Waals surface area (Å²) in [5.74, 6) is 0.247. The molecule has 2 N–H and O–H groups in total. The van der Waals surface area contributed by atoms with Crippen molar-refractivity contribution in [3.05, 3.63) is 60.2 Å². The summed E-state index contributed by atoms with van der Waals surface area (Å²) in [7, 11) is -2.27. The first-order chi connectivity index (χ1) is 14.0. The number of sulfonamides is 1. The predicted octanol–water partition coefficient (Wildman–Crippen LogP) is 3.03. The van der Waals surface area contributed by atoms with Crippen LogP contribution in [-0.2, 0) is 14.8 Å². The van der Waals surface area contributed by atoms with Crippen molar-refractivity contribution in [2.24, 2.45) is 0 Å². The fourth-order valence-corrected chi connectivity index (χ4v) is 4.13. The molecular weight excluding hydrogens is 390 g/mol. The van der Waals surface area contributed by atoms with Gasteiger partial charge in [0.1, 0.15) is 5.75 Å². The van der Waals surface area contributed by atoms with Gasteiger partial charge in [-0.05, 0) is 48.7 Å². The molecule has 0 bridgehead atoms. The zero-order valence-electron chi connectivity index (χ0n) is 16.3. The van der Waals surface area contributed by atoms with Gasteiger partial charge in [0.2, 0.25) is 0 Å². The number of piperidine rings is 1. The third kappa shape index (κ3) is 5.82. The van der Waals surface area contributed by atoms with E-state index in [2.05, 4.69) is 10.1 Å². The fourth-order valence-electron chi connectivity index (χ4n) is 3.06. The first-order valence-corrected chi connectivity index (χ1v) is 11.0. The number of para-hydroxylation sites is 2. The Bertz CT molecular complexity index is 966. The molecule has 0 aliphatic carbocycles. The van der Waals surface area contributed by atoms with E-state index >= 15 is 0 Å². The number of hydrazine groups is 1. The molecule has 0 radical (unpaired) electrons. The molecule has 1 heterocycles. The van der Waals surface area contributed by atoms with Crippen LogP contribution in [0.2, 0.25) is 0 Å². The number of nitrogens with one attached hydrogen (secondary N) is 2. The number of benzene rings is 2. The predicted molar refractivity (Wildman–Crippen MR) is 113 cm³/mol. The molecule has 1 amide bonds. The molecular formula is C21H25N3O4S. The van der Waals surface area contributed by atoms with E-state index in [9.17, 15) is 13.2 Å². The van der Waals surface area contributed by atoms with E-state index in [1.807, 2.05) is 5.01 Å². The van der Waals surface area contributed by atoms with Crippen LogP contribution in [0.5, 0.6) is 5.75 Å². The summed E-state index contributed by atoms with van der Waals surface area (Å²) in [6, 6.07) is 13.1. The smallest absolute Gasteiger partial charge is 0.262 e. The summed E-state index contributed by atoms with van der Waals surface area (Å²) < 4.78 is 32.9. The molecule has 7 nitrogen and oxygen atoms in total. The number of ether oxygens (including phenoxy) is 1. The Balaban J connectivity index is 1.63. The Hall–Kier alpha value is -2.84. The average molecular weight is 416 g/mol. The molecule has 0 saturated carbocycles. The van der Waals surface area contributed by atoms with Gasteiger partial charge < -0.3 is 4.74 Å². The van der Waals surface area contributed by atoms with E-state index in [4.69, 9.17) is 4.74 Å². The highest BCUT2D eigenvalue weighted by atomic mass is 32.2. The van der Waals surface area contributed by atoms with Crippen LogP contribution in [0.4, 0.5) is 5.69 Å². The highest BCUT2D eigenvalue weighted by molar-refractivity contribution is 7.92. The van der Waals surface area contributed by atoms with Gasteiger partial charge in [-0.2, -0.15) is 0 Å². The molecule has 0 spiro atoms. The summed E-state index contributed by atoms with van der Waals surface area (Å²) in [4.78, 5) is 12.1. The molecule has 0 atom stereocenters. The van der Waals surface area contributed by atoms with E-state index in [0.29, 0.717) is 11.4 Å². The van der Waals surface area contributed by atoms with Gasteiger partial charge in [-0.1, -0.05) is 30.7 Å². The molecule has 1 aliphatic rings. The molecule has 0 unspecified atom stereocenters. The third-order valence-corrected chi connectivity index (χ3v) is 5.97. The molecule has 29 heavy (non-hydrogen) atoms. The number of amides is 1. The van der Waals surface area contributed by atoms with Crippen LogP contribution in [0.25, 0.3) is 6.08 Å². The molecule has 1 aliphatic heterocycles. The van der Waals surface area contributed by atoms with Gasteiger partial charge in [-0.15, -0.1) is 0 Å². The van der Waals surface area contributed by atoms with Gasteiger partial charge in [0.25, 0.3) is 15.9 Å². The van der Waals surface area contributed by atoms with Crippen molar-refractivity contribution in [3.63, 3.8) is 0 Å². The van der Waals surface area contributed by atoms with E-state index in [1.165, 1.54) is 31.7 Å². The minimum absolute atomic E-state index is 0.123. The van der Waals surface area contributed by atoms with Crippen LogP contribution < -0.4 is 14.9 Å². The Morgan fingerprint density at radius 2 is 1.72 bits per heavy atom. The van der Waals surface area contributed by atoms with Crippen molar-refractivity contribution < 1.29 is 17.9 Å². The van der Waals surface area contributed by atoms with Crippen molar-refractivity contribution in [3.8, 4) is 5.75 Å². The zero-order valence-corrected chi connectivity index (χ0v) is 17.1. The van der Waals surface area contributed by atoms with Crippen molar-refractivity contribution in [1.29, 1.82) is 0 Å². The number of carbonyl (C=O) groups is 1. The summed E-state index contributed by atoms with van der Waals surface area (Å²) in [6.45, 7) is 1.73. The second kappa shape index (κ2) is 9.58. The molecule has 3 rings (SSSR count). The van der Waals surface area contributed by atoms with E-state index in [0.717, 1.165) is 31.5 Å². The van der Waals surface area contributed by atoms with Crippen molar-refractivity contribution >= 4 is 27.7 Å². The van der Waals surface area contributed by atoms with E-state index in [1.54, 1.807) is 42.5 Å². The zero-order chi connectivity index (χ0) is 20.7. The number of rotatable bonds is 7. The molecule has 0 aromatic heterocycles. The average Bonchev–Trinajstić information content (AvgIpc) is 2.73. The van der Waals surface area contributed by atoms with Crippen LogP contribution in [0.3, 0.4) is 0 Å². The third-order valence-electron chi connectivity index (χ3n) is 4.59. The number of hydrogen-bond donors (Lipinski definition) is 2. The number of anilines is 1. The SMILES string of the molecule is COc1ccccc1NS(=O)(=O)c1ccc(/C=C/C(=O)NN2CCCCC2)cc1. The quantitative estimate of drug-likeness (QED) is 0.679. The van der Waals surface area contributed by atoms with Crippen LogP contribution >= 0.6 is 0 Å². The van der Waals surface area contributed by atoms with Crippen molar-refractivity contribution in [1.82, 2.24) is 10.4 Å². The minimum Gasteiger partial charge on any atom is -0.495 e. The largest absolute Gasteiger partial charge is 0.495 e. The maximum absolute atomic E-state index is 12.6. The lowest BCUT2D eigenvalue weighted by Gasteiger charge is -2.26. The van der Waals surface area contributed by atoms with Crippen LogP contribution in [0.15, 0.2) is 59.5 Å². The lowest BCUT2D eigenvalue weighted by atomic mass is 10.2. The molecule has 1 saturated heterocycles. The van der Waals surface area contributed by atoms with Gasteiger partial charge in [-0.3, -0.25) is 14.9 Å². The van der Waals surface area contributed by atoms with Crippen molar-refractivity contribution in [2.45, 2.75) is 24.2 Å². The first kappa shape index (κ1) is 20.9. The number of hydrogen-bond acceptors (Lipinski definition) is 5. The molecule has 1 fully saturated rings. The maximum atomic E-state index is 12.6. The highest BCUT2D eigenvalue weighted by Crippen LogP contribution is 2.26. The Labute approximate surface area is 171 Å². The summed E-state index contributed by atoms with van der Waals surface area (Å²) >= 11 is 0. The molecule has 2 aromatic carbocycles. The molecule has 154 valence electrons. The lowest BCUT2D eigenvalue weighted by molar-refractivity contribution is -0.121. The molecule has 2 aromatic rings. The van der Waals surface area contributed by atoms with Gasteiger partial charge >= 0.3 is 0 Å². The Morgan fingerprint density at radius 1 is 1.03 bits per heavy atom. The van der Waals surface area contributed by atoms with Gasteiger partial charge in [0.05, 0.1) is 17.7 Å². The van der Waals surface area contributed by atoms with Crippen molar-refractivity contribution in [2.75, 3.05) is 24.9 Å². The summed E-state index contributed by atoms with van der Waals surface area (Å²) in [5.41, 5.74) is 3.95. The normalized spacial score (nSPS) is 15.2. The minimum atomic E-state index is -3.75. The highest BCUT2D eigenvalue weighted by Gasteiger charge is 2.16. The lowest BCUT2D eigenvalue weighted by Crippen LogP contribution is -2.44. The van der Waals surface area contributed by atoms with E-state index in [-0.39, 0.29) is 10.8 Å². The maximum Gasteiger partial charge on any atom is 0.262 e. The topological polar surface area (TPSA) is 87.7 Å². The first-order valence-electron chi connectivity index (χ1n) is 9.47. The van der Waals surface area contributed by atoms with E-state index < -0.39 is 10.0 Å².